The molecular weight excluding hydrogens is 240 g/mol. The van der Waals surface area contributed by atoms with E-state index in [-0.39, 0.29) is 12.2 Å². The van der Waals surface area contributed by atoms with Gasteiger partial charge < -0.3 is 9.84 Å². The molecule has 4 unspecified atom stereocenters. The molecule has 2 heterocycles. The van der Waals surface area contributed by atoms with E-state index in [9.17, 15) is 9.90 Å². The summed E-state index contributed by atoms with van der Waals surface area (Å²) in [5.41, 5.74) is 2.12. The molecule has 3 nitrogen and oxygen atoms in total. The van der Waals surface area contributed by atoms with Crippen molar-refractivity contribution in [2.75, 3.05) is 0 Å². The van der Waals surface area contributed by atoms with Gasteiger partial charge in [-0.15, -0.1) is 0 Å². The van der Waals surface area contributed by atoms with Crippen LogP contribution < -0.4 is 0 Å². The predicted molar refractivity (Wildman–Crippen MR) is 70.1 cm³/mol. The second-order valence-electron chi connectivity index (χ2n) is 6.29. The minimum atomic E-state index is -0.649. The van der Waals surface area contributed by atoms with Crippen molar-refractivity contribution in [2.24, 2.45) is 5.41 Å². The van der Waals surface area contributed by atoms with Gasteiger partial charge in [-0.2, -0.15) is 0 Å². The van der Waals surface area contributed by atoms with Crippen LogP contribution in [0.1, 0.15) is 42.7 Å². The van der Waals surface area contributed by atoms with Crippen LogP contribution in [0.3, 0.4) is 0 Å². The molecule has 3 heteroatoms. The van der Waals surface area contributed by atoms with Crippen molar-refractivity contribution in [1.29, 1.82) is 0 Å². The Morgan fingerprint density at radius 1 is 1.37 bits per heavy atom. The molecule has 3 aliphatic rings. The van der Waals surface area contributed by atoms with E-state index in [1.54, 1.807) is 0 Å². The van der Waals surface area contributed by atoms with Gasteiger partial charge >= 0.3 is 5.97 Å². The Balaban J connectivity index is 1.60. The van der Waals surface area contributed by atoms with Gasteiger partial charge in [-0.05, 0) is 49.1 Å². The minimum absolute atomic E-state index is 0.0530. The quantitative estimate of drug-likeness (QED) is 0.906. The third-order valence-corrected chi connectivity index (χ3v) is 5.31. The molecule has 2 fully saturated rings. The Morgan fingerprint density at radius 2 is 2.21 bits per heavy atom. The molecule has 1 aromatic carbocycles. The molecule has 2 bridgehead atoms. The minimum Gasteiger partial charge on any atom is -0.481 e. The lowest BCUT2D eigenvalue weighted by Crippen LogP contribution is -2.42. The highest BCUT2D eigenvalue weighted by Crippen LogP contribution is 2.54. The van der Waals surface area contributed by atoms with Crippen LogP contribution in [0.2, 0.25) is 0 Å². The fourth-order valence-electron chi connectivity index (χ4n) is 4.31. The number of carbonyl (C=O) groups is 1. The third-order valence-electron chi connectivity index (χ3n) is 5.31. The molecule has 0 aromatic heterocycles. The van der Waals surface area contributed by atoms with E-state index < -0.39 is 11.4 Å². The molecule has 1 N–H and O–H groups in total. The average Bonchev–Trinajstić information content (AvgIpc) is 2.97. The largest absolute Gasteiger partial charge is 0.481 e. The van der Waals surface area contributed by atoms with Crippen LogP contribution in [0, 0.1) is 5.41 Å². The Morgan fingerprint density at radius 3 is 2.84 bits per heavy atom. The Hall–Kier alpha value is -1.35. The summed E-state index contributed by atoms with van der Waals surface area (Å²) >= 11 is 0. The van der Waals surface area contributed by atoms with E-state index in [1.807, 2.05) is 0 Å². The Labute approximate surface area is 112 Å². The molecule has 19 heavy (non-hydrogen) atoms. The maximum atomic E-state index is 11.8. The first-order valence-electron chi connectivity index (χ1n) is 7.16. The van der Waals surface area contributed by atoms with Gasteiger partial charge in [-0.3, -0.25) is 4.79 Å². The highest BCUT2D eigenvalue weighted by Gasteiger charge is 2.58. The number of carboxylic acids is 1. The Bertz CT molecular complexity index is 539. The summed E-state index contributed by atoms with van der Waals surface area (Å²) in [5.74, 6) is -0.237. The number of ether oxygens (including phenoxy) is 1. The van der Waals surface area contributed by atoms with E-state index in [0.29, 0.717) is 12.3 Å². The van der Waals surface area contributed by atoms with E-state index in [1.165, 1.54) is 11.1 Å². The smallest absolute Gasteiger partial charge is 0.312 e. The summed E-state index contributed by atoms with van der Waals surface area (Å²) in [6, 6.07) is 8.40. The van der Waals surface area contributed by atoms with Crippen molar-refractivity contribution in [3.8, 4) is 0 Å². The van der Waals surface area contributed by atoms with Crippen molar-refractivity contribution >= 4 is 5.97 Å². The first-order chi connectivity index (χ1) is 9.19. The molecule has 0 amide bonds. The topological polar surface area (TPSA) is 46.5 Å². The monoisotopic (exact) mass is 258 g/mol. The fourth-order valence-corrected chi connectivity index (χ4v) is 4.31. The van der Waals surface area contributed by atoms with Gasteiger partial charge in [0, 0.05) is 0 Å². The highest BCUT2D eigenvalue weighted by molar-refractivity contribution is 5.76. The fraction of sp³-hybridized carbons (Fsp3) is 0.562. The zero-order valence-electron chi connectivity index (χ0n) is 10.8. The zero-order valence-corrected chi connectivity index (χ0v) is 10.8. The lowest BCUT2D eigenvalue weighted by Gasteiger charge is -2.39. The van der Waals surface area contributed by atoms with E-state index in [2.05, 4.69) is 24.3 Å². The van der Waals surface area contributed by atoms with Gasteiger partial charge in [0.25, 0.3) is 0 Å². The summed E-state index contributed by atoms with van der Waals surface area (Å²) in [7, 11) is 0. The molecular formula is C16H18O3. The number of carboxylic acid groups (broad SMARTS) is 1. The van der Waals surface area contributed by atoms with E-state index in [4.69, 9.17) is 4.74 Å². The molecule has 0 radical (unpaired) electrons. The number of rotatable bonds is 3. The summed E-state index contributed by atoms with van der Waals surface area (Å²) in [4.78, 5) is 11.8. The summed E-state index contributed by atoms with van der Waals surface area (Å²) < 4.78 is 5.83. The number of hydrogen-bond donors (Lipinski definition) is 1. The van der Waals surface area contributed by atoms with E-state index >= 15 is 0 Å². The molecule has 1 aromatic rings. The normalized spacial score (nSPS) is 38.8. The first-order valence-corrected chi connectivity index (χ1v) is 7.16. The molecule has 4 atom stereocenters. The van der Waals surface area contributed by atoms with Crippen molar-refractivity contribution < 1.29 is 14.6 Å². The third kappa shape index (κ3) is 1.51. The maximum absolute atomic E-state index is 11.8. The zero-order chi connectivity index (χ0) is 13.0. The van der Waals surface area contributed by atoms with Crippen molar-refractivity contribution in [2.45, 2.75) is 50.2 Å². The summed E-state index contributed by atoms with van der Waals surface area (Å²) in [6.07, 6.45) is 4.60. The van der Waals surface area contributed by atoms with Gasteiger partial charge in [0.1, 0.15) is 0 Å². The van der Waals surface area contributed by atoms with Gasteiger partial charge in [-0.1, -0.05) is 24.3 Å². The first kappa shape index (κ1) is 11.5. The second kappa shape index (κ2) is 3.83. The number of hydrogen-bond acceptors (Lipinski definition) is 2. The maximum Gasteiger partial charge on any atom is 0.312 e. The van der Waals surface area contributed by atoms with Gasteiger partial charge in [0.2, 0.25) is 0 Å². The molecule has 1 aliphatic carbocycles. The lowest BCUT2D eigenvalue weighted by atomic mass is 9.63. The van der Waals surface area contributed by atoms with Crippen LogP contribution >= 0.6 is 0 Å². The van der Waals surface area contributed by atoms with Crippen molar-refractivity contribution in [3.63, 3.8) is 0 Å². The van der Waals surface area contributed by atoms with Gasteiger partial charge in [-0.25, -0.2) is 0 Å². The lowest BCUT2D eigenvalue weighted by molar-refractivity contribution is -0.153. The standard InChI is InChI=1S/C16H18O3/c17-15(18)16(9-12-5-6-14(16)19-12)8-11-7-10-3-1-2-4-13(10)11/h1-4,11-12,14H,5-9H2,(H,17,18). The molecule has 100 valence electrons. The van der Waals surface area contributed by atoms with Gasteiger partial charge in [0.15, 0.2) is 0 Å². The molecule has 4 rings (SSSR count). The van der Waals surface area contributed by atoms with Crippen LogP contribution in [-0.2, 0) is 16.0 Å². The van der Waals surface area contributed by atoms with Crippen LogP contribution in [0.5, 0.6) is 0 Å². The molecule has 2 saturated heterocycles. The number of fused-ring (bicyclic) bond motifs is 3. The number of benzene rings is 1. The van der Waals surface area contributed by atoms with Crippen LogP contribution in [0.4, 0.5) is 0 Å². The second-order valence-corrected chi connectivity index (χ2v) is 6.29. The van der Waals surface area contributed by atoms with Crippen LogP contribution in [-0.4, -0.2) is 23.3 Å². The molecule has 0 saturated carbocycles. The van der Waals surface area contributed by atoms with E-state index in [0.717, 1.165) is 25.7 Å². The van der Waals surface area contributed by atoms with Crippen molar-refractivity contribution in [1.82, 2.24) is 0 Å². The Kier molecular flexibility index (Phi) is 2.31. The predicted octanol–water partition coefficient (Wildman–Crippen LogP) is 2.74. The van der Waals surface area contributed by atoms with Gasteiger partial charge in [0.05, 0.1) is 17.6 Å². The van der Waals surface area contributed by atoms with Crippen LogP contribution in [0.15, 0.2) is 24.3 Å². The average molecular weight is 258 g/mol. The van der Waals surface area contributed by atoms with Crippen LogP contribution in [0.25, 0.3) is 0 Å². The van der Waals surface area contributed by atoms with Crippen molar-refractivity contribution in [3.05, 3.63) is 35.4 Å². The summed E-state index contributed by atoms with van der Waals surface area (Å²) in [5, 5.41) is 9.72. The number of aliphatic carboxylic acids is 1. The SMILES string of the molecule is O=C(O)C1(CC2Cc3ccccc32)CC2CCC1O2. The summed E-state index contributed by atoms with van der Waals surface area (Å²) in [6.45, 7) is 0. The molecule has 0 spiro atoms. The molecule has 2 aliphatic heterocycles. The highest BCUT2D eigenvalue weighted by atomic mass is 16.5.